The second-order valence-corrected chi connectivity index (χ2v) is 7.82. The molecule has 0 saturated heterocycles. The summed E-state index contributed by atoms with van der Waals surface area (Å²) in [6, 6.07) is 18.2. The first-order chi connectivity index (χ1) is 15.0. The van der Waals surface area contributed by atoms with Crippen LogP contribution in [0.25, 0.3) is 11.0 Å². The summed E-state index contributed by atoms with van der Waals surface area (Å²) in [7, 11) is 0. The molecule has 5 rings (SSSR count). The number of nitrogens with zero attached hydrogens (tertiary/aromatic N) is 1. The lowest BCUT2D eigenvalue weighted by Gasteiger charge is -2.25. The molecule has 31 heavy (non-hydrogen) atoms. The summed E-state index contributed by atoms with van der Waals surface area (Å²) in [5.74, 6) is -0.725. The predicted molar refractivity (Wildman–Crippen MR) is 118 cm³/mol. The molecule has 0 fully saturated rings. The number of aryl methyl sites for hydroxylation is 2. The number of carbonyl (C=O) groups excluding carboxylic acids is 1. The van der Waals surface area contributed by atoms with E-state index in [9.17, 15) is 14.0 Å². The van der Waals surface area contributed by atoms with E-state index in [2.05, 4.69) is 6.92 Å². The summed E-state index contributed by atoms with van der Waals surface area (Å²) in [5.41, 5.74) is 3.79. The van der Waals surface area contributed by atoms with Crippen LogP contribution in [0.2, 0.25) is 0 Å². The second-order valence-electron chi connectivity index (χ2n) is 7.82. The molecule has 0 saturated carbocycles. The van der Waals surface area contributed by atoms with Gasteiger partial charge in [0.2, 0.25) is 5.76 Å². The van der Waals surface area contributed by atoms with Crippen molar-refractivity contribution < 1.29 is 13.6 Å². The van der Waals surface area contributed by atoms with E-state index in [0.29, 0.717) is 22.2 Å². The van der Waals surface area contributed by atoms with Crippen LogP contribution in [0.5, 0.6) is 0 Å². The zero-order chi connectivity index (χ0) is 21.7. The van der Waals surface area contributed by atoms with Crippen molar-refractivity contribution in [3.05, 3.63) is 111 Å². The van der Waals surface area contributed by atoms with Gasteiger partial charge < -0.3 is 4.42 Å². The van der Waals surface area contributed by atoms with E-state index >= 15 is 0 Å². The Labute approximate surface area is 178 Å². The number of hydrogen-bond acceptors (Lipinski definition) is 3. The normalized spacial score (nSPS) is 15.5. The average molecular weight is 413 g/mol. The minimum atomic E-state index is -0.697. The van der Waals surface area contributed by atoms with Crippen molar-refractivity contribution in [2.24, 2.45) is 0 Å². The van der Waals surface area contributed by atoms with Gasteiger partial charge in [-0.3, -0.25) is 14.5 Å². The van der Waals surface area contributed by atoms with Gasteiger partial charge in [0.1, 0.15) is 11.4 Å². The van der Waals surface area contributed by atoms with Gasteiger partial charge in [-0.2, -0.15) is 0 Å². The van der Waals surface area contributed by atoms with Crippen LogP contribution in [-0.4, -0.2) is 5.91 Å². The Morgan fingerprint density at radius 2 is 1.68 bits per heavy atom. The van der Waals surface area contributed by atoms with Crippen LogP contribution in [0.3, 0.4) is 0 Å². The molecule has 1 aliphatic rings. The topological polar surface area (TPSA) is 50.5 Å². The minimum absolute atomic E-state index is 0.0373. The fourth-order valence-electron chi connectivity index (χ4n) is 4.21. The molecule has 4 nitrogen and oxygen atoms in total. The Morgan fingerprint density at radius 1 is 0.968 bits per heavy atom. The lowest BCUT2D eigenvalue weighted by molar-refractivity contribution is 0.0971. The van der Waals surface area contributed by atoms with E-state index < -0.39 is 6.04 Å². The van der Waals surface area contributed by atoms with Crippen LogP contribution in [0.4, 0.5) is 10.1 Å². The number of benzene rings is 3. The molecule has 1 unspecified atom stereocenters. The molecule has 1 amide bonds. The van der Waals surface area contributed by atoms with Crippen molar-refractivity contribution >= 4 is 22.6 Å². The molecule has 1 aromatic heterocycles. The molecule has 2 heterocycles. The number of halogens is 1. The van der Waals surface area contributed by atoms with Gasteiger partial charge in [-0.05, 0) is 60.9 Å². The van der Waals surface area contributed by atoms with Gasteiger partial charge in [-0.15, -0.1) is 0 Å². The molecule has 0 N–H and O–H groups in total. The largest absolute Gasteiger partial charge is 0.450 e. The zero-order valence-electron chi connectivity index (χ0n) is 17.2. The molecule has 0 spiro atoms. The van der Waals surface area contributed by atoms with E-state index in [-0.39, 0.29) is 28.5 Å². The molecule has 1 atom stereocenters. The number of anilines is 1. The highest BCUT2D eigenvalue weighted by Crippen LogP contribution is 2.41. The number of rotatable bonds is 3. The SMILES string of the molecule is CCc1ccc(N2C(=O)c3oc4ccc(C)cc4c(=O)c3C2c2ccc(F)cc2)cc1. The summed E-state index contributed by atoms with van der Waals surface area (Å²) >= 11 is 0. The lowest BCUT2D eigenvalue weighted by atomic mass is 9.97. The summed E-state index contributed by atoms with van der Waals surface area (Å²) < 4.78 is 19.6. The number of amides is 1. The Bertz CT molecular complexity index is 1370. The molecule has 4 aromatic rings. The average Bonchev–Trinajstić information content (AvgIpc) is 3.07. The minimum Gasteiger partial charge on any atom is -0.450 e. The number of carbonyl (C=O) groups is 1. The first-order valence-electron chi connectivity index (χ1n) is 10.2. The van der Waals surface area contributed by atoms with E-state index in [4.69, 9.17) is 4.42 Å². The molecule has 5 heteroatoms. The molecule has 154 valence electrons. The molecular weight excluding hydrogens is 393 g/mol. The monoisotopic (exact) mass is 413 g/mol. The van der Waals surface area contributed by atoms with E-state index in [0.717, 1.165) is 17.5 Å². The van der Waals surface area contributed by atoms with Crippen molar-refractivity contribution in [2.45, 2.75) is 26.3 Å². The fourth-order valence-corrected chi connectivity index (χ4v) is 4.21. The maximum atomic E-state index is 13.6. The molecule has 0 aliphatic carbocycles. The van der Waals surface area contributed by atoms with Crippen LogP contribution in [0, 0.1) is 12.7 Å². The van der Waals surface area contributed by atoms with Crippen molar-refractivity contribution in [3.63, 3.8) is 0 Å². The number of hydrogen-bond donors (Lipinski definition) is 0. The van der Waals surface area contributed by atoms with Gasteiger partial charge in [0.05, 0.1) is 17.0 Å². The summed E-state index contributed by atoms with van der Waals surface area (Å²) in [5, 5.41) is 0.432. The van der Waals surface area contributed by atoms with Crippen LogP contribution in [0.15, 0.2) is 75.9 Å². The van der Waals surface area contributed by atoms with Crippen LogP contribution >= 0.6 is 0 Å². The van der Waals surface area contributed by atoms with Crippen LogP contribution in [0.1, 0.15) is 45.8 Å². The van der Waals surface area contributed by atoms with Gasteiger partial charge in [0.15, 0.2) is 5.43 Å². The molecule has 0 bridgehead atoms. The number of fused-ring (bicyclic) bond motifs is 2. The van der Waals surface area contributed by atoms with Crippen LogP contribution in [-0.2, 0) is 6.42 Å². The smallest absolute Gasteiger partial charge is 0.295 e. The maximum absolute atomic E-state index is 13.6. The molecular formula is C26H20FNO3. The van der Waals surface area contributed by atoms with Gasteiger partial charge in [0.25, 0.3) is 5.91 Å². The summed E-state index contributed by atoms with van der Waals surface area (Å²) in [6.07, 6.45) is 0.876. The van der Waals surface area contributed by atoms with E-state index in [1.54, 1.807) is 29.2 Å². The maximum Gasteiger partial charge on any atom is 0.295 e. The standard InChI is InChI=1S/C26H20FNO3/c1-3-16-5-11-19(12-6-16)28-23(17-7-9-18(27)10-8-17)22-24(29)20-14-15(2)4-13-21(20)31-25(22)26(28)30/h4-14,23H,3H2,1-2H3. The Hall–Kier alpha value is -3.73. The van der Waals surface area contributed by atoms with Gasteiger partial charge >= 0.3 is 0 Å². The van der Waals surface area contributed by atoms with Crippen molar-refractivity contribution in [3.8, 4) is 0 Å². The highest BCUT2D eigenvalue weighted by Gasteiger charge is 2.43. The third-order valence-corrected chi connectivity index (χ3v) is 5.83. The zero-order valence-corrected chi connectivity index (χ0v) is 17.2. The van der Waals surface area contributed by atoms with Crippen molar-refractivity contribution in [1.82, 2.24) is 0 Å². The lowest BCUT2D eigenvalue weighted by Crippen LogP contribution is -2.29. The van der Waals surface area contributed by atoms with Gasteiger partial charge in [-0.1, -0.05) is 42.8 Å². The summed E-state index contributed by atoms with van der Waals surface area (Å²) in [6.45, 7) is 3.96. The quantitative estimate of drug-likeness (QED) is 0.442. The predicted octanol–water partition coefficient (Wildman–Crippen LogP) is 5.55. The highest BCUT2D eigenvalue weighted by atomic mass is 19.1. The first-order valence-corrected chi connectivity index (χ1v) is 10.2. The van der Waals surface area contributed by atoms with Gasteiger partial charge in [-0.25, -0.2) is 4.39 Å². The van der Waals surface area contributed by atoms with Crippen molar-refractivity contribution in [2.75, 3.05) is 4.90 Å². The Kier molecular flexibility index (Phi) is 4.47. The second kappa shape index (κ2) is 7.20. The molecule has 1 aliphatic heterocycles. The Balaban J connectivity index is 1.78. The first kappa shape index (κ1) is 19.2. The van der Waals surface area contributed by atoms with Gasteiger partial charge in [0, 0.05) is 5.69 Å². The van der Waals surface area contributed by atoms with Crippen molar-refractivity contribution in [1.29, 1.82) is 0 Å². The highest BCUT2D eigenvalue weighted by molar-refractivity contribution is 6.10. The van der Waals surface area contributed by atoms with E-state index in [1.165, 1.54) is 12.1 Å². The summed E-state index contributed by atoms with van der Waals surface area (Å²) in [4.78, 5) is 28.6. The van der Waals surface area contributed by atoms with E-state index in [1.807, 2.05) is 37.3 Å². The third-order valence-electron chi connectivity index (χ3n) is 5.83. The third kappa shape index (κ3) is 3.05. The fraction of sp³-hybridized carbons (Fsp3) is 0.154. The Morgan fingerprint density at radius 3 is 2.35 bits per heavy atom. The molecule has 0 radical (unpaired) electrons. The van der Waals surface area contributed by atoms with Crippen LogP contribution < -0.4 is 10.3 Å². The molecule has 3 aromatic carbocycles.